The molecule has 17 heavy (non-hydrogen) atoms. The van der Waals surface area contributed by atoms with Crippen molar-refractivity contribution in [3.05, 3.63) is 29.8 Å². The molecular weight excluding hydrogens is 214 g/mol. The lowest BCUT2D eigenvalue weighted by Crippen LogP contribution is -2.18. The van der Waals surface area contributed by atoms with Crippen molar-refractivity contribution in [3.63, 3.8) is 0 Å². The highest BCUT2D eigenvalue weighted by Gasteiger charge is 2.41. The van der Waals surface area contributed by atoms with E-state index in [4.69, 9.17) is 4.84 Å². The average molecular weight is 231 g/mol. The minimum atomic E-state index is 0.243. The van der Waals surface area contributed by atoms with E-state index in [0.717, 1.165) is 12.3 Å². The Balaban J connectivity index is 1.59. The van der Waals surface area contributed by atoms with Crippen LogP contribution in [-0.4, -0.2) is 17.4 Å². The third-order valence-electron chi connectivity index (χ3n) is 4.00. The number of phenols is 1. The quantitative estimate of drug-likeness (QED) is 0.642. The molecule has 0 spiro atoms. The summed E-state index contributed by atoms with van der Waals surface area (Å²) >= 11 is 0. The molecule has 0 aromatic heterocycles. The van der Waals surface area contributed by atoms with E-state index in [0.29, 0.717) is 17.6 Å². The molecule has 2 saturated carbocycles. The zero-order valence-electron chi connectivity index (χ0n) is 9.75. The van der Waals surface area contributed by atoms with Crippen molar-refractivity contribution in [1.29, 1.82) is 0 Å². The van der Waals surface area contributed by atoms with Crippen LogP contribution in [0.4, 0.5) is 0 Å². The van der Waals surface area contributed by atoms with E-state index in [1.807, 2.05) is 12.1 Å². The summed E-state index contributed by atoms with van der Waals surface area (Å²) in [7, 11) is 0. The summed E-state index contributed by atoms with van der Waals surface area (Å²) in [5.41, 5.74) is 0.704. The highest BCUT2D eigenvalue weighted by atomic mass is 16.6. The molecule has 1 N–H and O–H groups in total. The number of aromatic hydroxyl groups is 1. The molecule has 2 aliphatic rings. The van der Waals surface area contributed by atoms with Crippen molar-refractivity contribution in [2.45, 2.75) is 31.8 Å². The Bertz CT molecular complexity index is 430. The molecule has 3 atom stereocenters. The Morgan fingerprint density at radius 3 is 2.82 bits per heavy atom. The summed E-state index contributed by atoms with van der Waals surface area (Å²) < 4.78 is 0. The van der Waals surface area contributed by atoms with Crippen LogP contribution in [0.25, 0.3) is 0 Å². The molecule has 0 saturated heterocycles. The van der Waals surface area contributed by atoms with Crippen LogP contribution >= 0.6 is 0 Å². The van der Waals surface area contributed by atoms with Gasteiger partial charge in [-0.25, -0.2) is 0 Å². The predicted molar refractivity (Wildman–Crippen MR) is 66.0 cm³/mol. The number of phenolic OH excluding ortho intramolecular Hbond substituents is 1. The second-order valence-corrected chi connectivity index (χ2v) is 5.11. The van der Waals surface area contributed by atoms with Crippen LogP contribution in [0.2, 0.25) is 0 Å². The highest BCUT2D eigenvalue weighted by Crippen LogP contribution is 2.45. The van der Waals surface area contributed by atoms with Crippen molar-refractivity contribution in [3.8, 4) is 5.75 Å². The topological polar surface area (TPSA) is 41.8 Å². The van der Waals surface area contributed by atoms with Gasteiger partial charge >= 0.3 is 0 Å². The van der Waals surface area contributed by atoms with Gasteiger partial charge in [0.05, 0.1) is 6.21 Å². The van der Waals surface area contributed by atoms with Gasteiger partial charge in [-0.1, -0.05) is 17.3 Å². The van der Waals surface area contributed by atoms with Crippen LogP contribution in [0.5, 0.6) is 5.75 Å². The molecular formula is C14H17NO2. The second kappa shape index (κ2) is 4.40. The van der Waals surface area contributed by atoms with Gasteiger partial charge in [0.1, 0.15) is 11.9 Å². The monoisotopic (exact) mass is 231 g/mol. The summed E-state index contributed by atoms with van der Waals surface area (Å²) in [6.07, 6.45) is 7.03. The molecule has 0 aliphatic heterocycles. The number of hydrogen-bond donors (Lipinski definition) is 1. The van der Waals surface area contributed by atoms with Crippen molar-refractivity contribution in [2.75, 3.05) is 0 Å². The first-order valence-electron chi connectivity index (χ1n) is 6.30. The standard InChI is InChI=1S/C14H17NO2/c16-13-4-2-1-3-12(13)9-15-17-14-8-10-5-6-11(14)7-10/h1-4,9-11,14,16H,5-8H2/b15-9+/t10-,11+,14+/m1/s1. The van der Waals surface area contributed by atoms with Gasteiger partial charge in [0.2, 0.25) is 0 Å². The van der Waals surface area contributed by atoms with E-state index < -0.39 is 0 Å². The van der Waals surface area contributed by atoms with E-state index in [2.05, 4.69) is 5.16 Å². The molecule has 1 aromatic rings. The molecule has 2 bridgehead atoms. The zero-order valence-corrected chi connectivity index (χ0v) is 9.75. The van der Waals surface area contributed by atoms with Gasteiger partial charge in [0.15, 0.2) is 0 Å². The number of para-hydroxylation sites is 1. The summed E-state index contributed by atoms with van der Waals surface area (Å²) in [6.45, 7) is 0. The molecule has 0 heterocycles. The number of fused-ring (bicyclic) bond motifs is 2. The summed E-state index contributed by atoms with van der Waals surface area (Å²) in [5.74, 6) is 1.82. The van der Waals surface area contributed by atoms with Gasteiger partial charge in [0, 0.05) is 5.56 Å². The van der Waals surface area contributed by atoms with Crippen molar-refractivity contribution in [2.24, 2.45) is 17.0 Å². The fourth-order valence-electron chi connectivity index (χ4n) is 3.08. The smallest absolute Gasteiger partial charge is 0.130 e. The first-order chi connectivity index (χ1) is 8.33. The Morgan fingerprint density at radius 2 is 2.12 bits per heavy atom. The molecule has 2 fully saturated rings. The van der Waals surface area contributed by atoms with Crippen LogP contribution in [0.3, 0.4) is 0 Å². The third kappa shape index (κ3) is 2.14. The van der Waals surface area contributed by atoms with Crippen LogP contribution in [0.15, 0.2) is 29.4 Å². The van der Waals surface area contributed by atoms with Gasteiger partial charge in [0.25, 0.3) is 0 Å². The molecule has 90 valence electrons. The molecule has 3 heteroatoms. The summed E-state index contributed by atoms with van der Waals surface area (Å²) in [6, 6.07) is 7.14. The van der Waals surface area contributed by atoms with E-state index >= 15 is 0 Å². The number of nitrogens with zero attached hydrogens (tertiary/aromatic N) is 1. The van der Waals surface area contributed by atoms with Crippen molar-refractivity contribution >= 4 is 6.21 Å². The fraction of sp³-hybridized carbons (Fsp3) is 0.500. The average Bonchev–Trinajstić information content (AvgIpc) is 2.94. The molecule has 3 nitrogen and oxygen atoms in total. The first kappa shape index (κ1) is 10.6. The Labute approximate surface area is 101 Å². The fourth-order valence-corrected chi connectivity index (χ4v) is 3.08. The molecule has 2 aliphatic carbocycles. The Kier molecular flexibility index (Phi) is 2.75. The van der Waals surface area contributed by atoms with Crippen LogP contribution < -0.4 is 0 Å². The minimum Gasteiger partial charge on any atom is -0.507 e. The van der Waals surface area contributed by atoms with Gasteiger partial charge in [-0.05, 0) is 49.7 Å². The lowest BCUT2D eigenvalue weighted by molar-refractivity contribution is 0.0216. The maximum Gasteiger partial charge on any atom is 0.130 e. The number of oxime groups is 1. The lowest BCUT2D eigenvalue weighted by Gasteiger charge is -2.18. The largest absolute Gasteiger partial charge is 0.507 e. The van der Waals surface area contributed by atoms with Crippen LogP contribution in [0.1, 0.15) is 31.2 Å². The van der Waals surface area contributed by atoms with Gasteiger partial charge < -0.3 is 9.94 Å². The van der Waals surface area contributed by atoms with E-state index in [1.165, 1.54) is 19.3 Å². The Hall–Kier alpha value is -1.51. The van der Waals surface area contributed by atoms with Gasteiger partial charge in [-0.15, -0.1) is 0 Å². The maximum atomic E-state index is 9.56. The third-order valence-corrected chi connectivity index (χ3v) is 4.00. The first-order valence-corrected chi connectivity index (χ1v) is 6.30. The van der Waals surface area contributed by atoms with E-state index in [-0.39, 0.29) is 5.75 Å². The SMILES string of the molecule is Oc1ccccc1/C=N/O[C@H]1C[C@@H]2CC[C@H]1C2. The summed E-state index contributed by atoms with van der Waals surface area (Å²) in [5, 5.41) is 13.6. The number of rotatable bonds is 3. The highest BCUT2D eigenvalue weighted by molar-refractivity contribution is 5.82. The predicted octanol–water partition coefficient (Wildman–Crippen LogP) is 2.93. The van der Waals surface area contributed by atoms with Crippen LogP contribution in [0, 0.1) is 11.8 Å². The van der Waals surface area contributed by atoms with Gasteiger partial charge in [-0.3, -0.25) is 0 Å². The van der Waals surface area contributed by atoms with Gasteiger partial charge in [-0.2, -0.15) is 0 Å². The molecule has 0 amide bonds. The minimum absolute atomic E-state index is 0.243. The summed E-state index contributed by atoms with van der Waals surface area (Å²) in [4.78, 5) is 5.55. The maximum absolute atomic E-state index is 9.56. The van der Waals surface area contributed by atoms with E-state index in [9.17, 15) is 5.11 Å². The number of benzene rings is 1. The van der Waals surface area contributed by atoms with Crippen molar-refractivity contribution < 1.29 is 9.94 Å². The van der Waals surface area contributed by atoms with E-state index in [1.54, 1.807) is 18.3 Å². The Morgan fingerprint density at radius 1 is 1.24 bits per heavy atom. The molecule has 1 aromatic carbocycles. The molecule has 3 rings (SSSR count). The molecule has 0 radical (unpaired) electrons. The second-order valence-electron chi connectivity index (χ2n) is 5.11. The normalized spacial score (nSPS) is 31.2. The van der Waals surface area contributed by atoms with Crippen LogP contribution in [-0.2, 0) is 4.84 Å². The lowest BCUT2D eigenvalue weighted by atomic mass is 9.98. The number of hydrogen-bond acceptors (Lipinski definition) is 3. The zero-order chi connectivity index (χ0) is 11.7. The molecule has 0 unspecified atom stereocenters. The van der Waals surface area contributed by atoms with Crippen molar-refractivity contribution in [1.82, 2.24) is 0 Å².